The largest absolute Gasteiger partial charge is 0.462 e. The van der Waals surface area contributed by atoms with E-state index in [2.05, 4.69) is 106 Å². The molecule has 1 atom stereocenters. The molecule has 0 fully saturated rings. The van der Waals surface area contributed by atoms with Gasteiger partial charge in [-0.25, -0.2) is 0 Å². The minimum atomic E-state index is -0.824. The minimum absolute atomic E-state index is 0.120. The Morgan fingerprint density at radius 2 is 0.783 bits per heavy atom. The summed E-state index contributed by atoms with van der Waals surface area (Å²) in [6.07, 6.45) is 62.8. The fraction of sp³-hybridized carbons (Fsp3) is 0.648. The van der Waals surface area contributed by atoms with Gasteiger partial charge in [0.05, 0.1) is 6.42 Å². The molecule has 0 radical (unpaired) electrons. The predicted molar refractivity (Wildman–Crippen MR) is 256 cm³/mol. The van der Waals surface area contributed by atoms with Gasteiger partial charge in [-0.2, -0.15) is 0 Å². The van der Waals surface area contributed by atoms with Crippen molar-refractivity contribution in [1.29, 1.82) is 0 Å². The molecule has 0 bridgehead atoms. The molecule has 0 N–H and O–H groups in total. The molecule has 0 aliphatic rings. The van der Waals surface area contributed by atoms with Crippen LogP contribution in [0.4, 0.5) is 0 Å². The molecule has 0 aliphatic heterocycles. The van der Waals surface area contributed by atoms with Crippen LogP contribution in [-0.4, -0.2) is 37.2 Å². The molecule has 0 aliphatic carbocycles. The predicted octanol–water partition coefficient (Wildman–Crippen LogP) is 15.8. The molecule has 0 aromatic carbocycles. The van der Waals surface area contributed by atoms with Gasteiger partial charge in [0.2, 0.25) is 0 Å². The lowest BCUT2D eigenvalue weighted by molar-refractivity contribution is -0.166. The van der Waals surface area contributed by atoms with Crippen molar-refractivity contribution in [3.05, 3.63) is 97.2 Å². The molecular weight excluding hydrogens is 745 g/mol. The Morgan fingerprint density at radius 3 is 1.33 bits per heavy atom. The first-order valence-electron chi connectivity index (χ1n) is 24.3. The highest BCUT2D eigenvalue weighted by Gasteiger charge is 2.19. The third kappa shape index (κ3) is 45.4. The molecule has 0 saturated heterocycles. The zero-order chi connectivity index (χ0) is 43.7. The molecular formula is C54H88O6. The van der Waals surface area contributed by atoms with Crippen molar-refractivity contribution in [1.82, 2.24) is 0 Å². The van der Waals surface area contributed by atoms with Crippen molar-refractivity contribution in [3.63, 3.8) is 0 Å². The SMILES string of the molecule is CC/C=C\C/C=C\C/C=C\CC(=O)OCC(COC(=O)CCCCCCC\C=C/C=C\C=C/C=C\CCCCC)OC(=O)CCCCCCCCC/C=C\CCCCCC. The van der Waals surface area contributed by atoms with Gasteiger partial charge in [-0.1, -0.05) is 201 Å². The topological polar surface area (TPSA) is 78.9 Å². The number of hydrogen-bond acceptors (Lipinski definition) is 6. The zero-order valence-corrected chi connectivity index (χ0v) is 38.7. The third-order valence-electron chi connectivity index (χ3n) is 9.92. The van der Waals surface area contributed by atoms with E-state index in [0.29, 0.717) is 12.8 Å². The molecule has 0 rings (SSSR count). The van der Waals surface area contributed by atoms with Gasteiger partial charge in [0.1, 0.15) is 13.2 Å². The number of hydrogen-bond donors (Lipinski definition) is 0. The number of carbonyl (C=O) groups is 3. The van der Waals surface area contributed by atoms with E-state index >= 15 is 0 Å². The van der Waals surface area contributed by atoms with Crippen LogP contribution >= 0.6 is 0 Å². The van der Waals surface area contributed by atoms with Crippen molar-refractivity contribution in [2.75, 3.05) is 13.2 Å². The van der Waals surface area contributed by atoms with E-state index < -0.39 is 12.1 Å². The monoisotopic (exact) mass is 833 g/mol. The maximum absolute atomic E-state index is 12.7. The molecule has 0 heterocycles. The van der Waals surface area contributed by atoms with E-state index in [1.54, 1.807) is 6.08 Å². The van der Waals surface area contributed by atoms with Gasteiger partial charge in [-0.3, -0.25) is 14.4 Å². The maximum Gasteiger partial charge on any atom is 0.309 e. The first-order valence-corrected chi connectivity index (χ1v) is 24.3. The van der Waals surface area contributed by atoms with E-state index in [0.717, 1.165) is 83.5 Å². The van der Waals surface area contributed by atoms with Gasteiger partial charge in [-0.15, -0.1) is 0 Å². The van der Waals surface area contributed by atoms with Gasteiger partial charge < -0.3 is 14.2 Å². The van der Waals surface area contributed by atoms with E-state index in [9.17, 15) is 14.4 Å². The van der Waals surface area contributed by atoms with Crippen LogP contribution in [0.15, 0.2) is 97.2 Å². The fourth-order valence-electron chi connectivity index (χ4n) is 6.27. The van der Waals surface area contributed by atoms with E-state index in [1.165, 1.54) is 83.5 Å². The molecule has 0 aromatic heterocycles. The summed E-state index contributed by atoms with van der Waals surface area (Å²) in [7, 11) is 0. The standard InChI is InChI=1S/C54H88O6/c1-4-7-10-13-16-19-21-23-25-26-27-29-30-32-35-38-41-44-47-53(56)59-50-51(49-58-52(55)46-43-40-37-34-18-15-12-9-6-3)60-54(57)48-45-42-39-36-33-31-28-24-22-20-17-14-11-8-5-2/h9,12,16,18-23,25-27,29,34,40,43,51H,4-8,10-11,13-15,17,24,28,30-33,35-39,41-42,44-50H2,1-3H3/b12-9-,19-16-,22-20-,23-21-,26-25-,29-27-,34-18-,43-40-. The smallest absolute Gasteiger partial charge is 0.309 e. The normalized spacial score (nSPS) is 12.9. The highest BCUT2D eigenvalue weighted by molar-refractivity contribution is 5.72. The van der Waals surface area contributed by atoms with Crippen molar-refractivity contribution in [3.8, 4) is 0 Å². The van der Waals surface area contributed by atoms with E-state index in [-0.39, 0.29) is 31.6 Å². The van der Waals surface area contributed by atoms with Crippen molar-refractivity contribution in [2.24, 2.45) is 0 Å². The second kappa shape index (κ2) is 48.0. The lowest BCUT2D eigenvalue weighted by atomic mass is 10.1. The first-order chi connectivity index (χ1) is 29.5. The molecule has 6 nitrogen and oxygen atoms in total. The van der Waals surface area contributed by atoms with Crippen molar-refractivity contribution < 1.29 is 28.6 Å². The first kappa shape index (κ1) is 56.3. The van der Waals surface area contributed by atoms with Gasteiger partial charge >= 0.3 is 17.9 Å². The summed E-state index contributed by atoms with van der Waals surface area (Å²) >= 11 is 0. The highest BCUT2D eigenvalue weighted by atomic mass is 16.6. The van der Waals surface area contributed by atoms with Crippen LogP contribution in [0.1, 0.15) is 207 Å². The van der Waals surface area contributed by atoms with Crippen LogP contribution in [0.25, 0.3) is 0 Å². The van der Waals surface area contributed by atoms with Crippen LogP contribution in [0.5, 0.6) is 0 Å². The average Bonchev–Trinajstić information content (AvgIpc) is 3.24. The second-order valence-corrected chi connectivity index (χ2v) is 15.7. The molecule has 6 heteroatoms. The van der Waals surface area contributed by atoms with Crippen LogP contribution < -0.4 is 0 Å². The number of esters is 3. The van der Waals surface area contributed by atoms with Gasteiger partial charge in [0.25, 0.3) is 0 Å². The molecule has 0 saturated carbocycles. The fourth-order valence-corrected chi connectivity index (χ4v) is 6.27. The van der Waals surface area contributed by atoms with Crippen LogP contribution in [0, 0.1) is 0 Å². The van der Waals surface area contributed by atoms with Gasteiger partial charge in [-0.05, 0) is 83.5 Å². The molecule has 1 unspecified atom stereocenters. The molecule has 340 valence electrons. The molecule has 0 aromatic rings. The molecule has 0 spiro atoms. The number of carbonyl (C=O) groups excluding carboxylic acids is 3. The van der Waals surface area contributed by atoms with Crippen molar-refractivity contribution in [2.45, 2.75) is 213 Å². The summed E-state index contributed by atoms with van der Waals surface area (Å²) in [6, 6.07) is 0. The van der Waals surface area contributed by atoms with Gasteiger partial charge in [0.15, 0.2) is 6.10 Å². The Labute approximate surface area is 368 Å². The van der Waals surface area contributed by atoms with Crippen LogP contribution in [0.2, 0.25) is 0 Å². The van der Waals surface area contributed by atoms with Gasteiger partial charge in [0, 0.05) is 12.8 Å². The summed E-state index contributed by atoms with van der Waals surface area (Å²) < 4.78 is 16.6. The number of allylic oxidation sites excluding steroid dienone is 15. The Morgan fingerprint density at radius 1 is 0.383 bits per heavy atom. The molecule has 0 amide bonds. The van der Waals surface area contributed by atoms with Crippen molar-refractivity contribution >= 4 is 17.9 Å². The Kier molecular flexibility index (Phi) is 45.1. The lowest BCUT2D eigenvalue weighted by Crippen LogP contribution is -2.30. The quantitative estimate of drug-likeness (QED) is 0.0200. The van der Waals surface area contributed by atoms with E-state index in [1.807, 2.05) is 6.08 Å². The number of ether oxygens (including phenoxy) is 3. The third-order valence-corrected chi connectivity index (χ3v) is 9.92. The summed E-state index contributed by atoms with van der Waals surface area (Å²) in [5, 5.41) is 0. The average molecular weight is 833 g/mol. The van der Waals surface area contributed by atoms with E-state index in [4.69, 9.17) is 14.2 Å². The van der Waals surface area contributed by atoms with Crippen LogP contribution in [0.3, 0.4) is 0 Å². The Hall–Kier alpha value is -3.67. The second-order valence-electron chi connectivity index (χ2n) is 15.7. The number of unbranched alkanes of at least 4 members (excludes halogenated alkanes) is 19. The highest BCUT2D eigenvalue weighted by Crippen LogP contribution is 2.13. The Bertz CT molecular complexity index is 1230. The summed E-state index contributed by atoms with van der Waals surface area (Å²) in [5.41, 5.74) is 0. The molecule has 60 heavy (non-hydrogen) atoms. The maximum atomic E-state index is 12.7. The minimum Gasteiger partial charge on any atom is -0.462 e. The lowest BCUT2D eigenvalue weighted by Gasteiger charge is -2.18. The zero-order valence-electron chi connectivity index (χ0n) is 38.7. The number of rotatable bonds is 42. The summed E-state index contributed by atoms with van der Waals surface area (Å²) in [6.45, 7) is 6.33. The van der Waals surface area contributed by atoms with Crippen LogP contribution in [-0.2, 0) is 28.6 Å². The summed E-state index contributed by atoms with van der Waals surface area (Å²) in [4.78, 5) is 37.7. The Balaban J connectivity index is 4.46. The summed E-state index contributed by atoms with van der Waals surface area (Å²) in [5.74, 6) is -1.08.